The summed E-state index contributed by atoms with van der Waals surface area (Å²) in [6, 6.07) is 49.3. The molecule has 0 heterocycles. The van der Waals surface area contributed by atoms with E-state index in [2.05, 4.69) is 84.9 Å². The molecule has 0 unspecified atom stereocenters. The first-order valence-corrected chi connectivity index (χ1v) is 9.48. The van der Waals surface area contributed by atoms with Gasteiger partial charge in [0.1, 0.15) is 0 Å². The fourth-order valence-corrected chi connectivity index (χ4v) is 2.78. The van der Waals surface area contributed by atoms with Crippen LogP contribution in [0.3, 0.4) is 0 Å². The minimum Gasteiger partial charge on any atom is -1.00 e. The second kappa shape index (κ2) is 17.5. The maximum atomic E-state index is 2.12. The molecule has 0 spiro atoms. The standard InChI is InChI=1S/2C9H7.2C5H5.2ClH.Zr/c2*1-2-5-9-7-3-6-8(9)4-1;2*1-2-4-5-3-1;;;/h2*1-7H;2*1-5H;2*1H;/q4*-1;;;+4/p-2. The van der Waals surface area contributed by atoms with Gasteiger partial charge in [0.2, 0.25) is 0 Å². The number of hydrogen-bond donors (Lipinski definition) is 0. The molecule has 0 fully saturated rings. The summed E-state index contributed by atoms with van der Waals surface area (Å²) < 4.78 is 0. The molecule has 3 heteroatoms. The number of rotatable bonds is 0. The summed E-state index contributed by atoms with van der Waals surface area (Å²) in [6.07, 6.45) is 0. The van der Waals surface area contributed by atoms with Crippen molar-refractivity contribution < 1.29 is 51.0 Å². The van der Waals surface area contributed by atoms with E-state index in [9.17, 15) is 0 Å². The Morgan fingerprint density at radius 3 is 1.03 bits per heavy atom. The van der Waals surface area contributed by atoms with E-state index in [0.29, 0.717) is 0 Å². The molecule has 6 aromatic carbocycles. The zero-order valence-corrected chi connectivity index (χ0v) is 21.1. The summed E-state index contributed by atoms with van der Waals surface area (Å²) in [4.78, 5) is 0. The first-order valence-electron chi connectivity index (χ1n) is 9.48. The van der Waals surface area contributed by atoms with Crippen LogP contribution in [0.2, 0.25) is 0 Å². The fourth-order valence-electron chi connectivity index (χ4n) is 2.78. The second-order valence-electron chi connectivity index (χ2n) is 6.23. The Morgan fingerprint density at radius 2 is 0.742 bits per heavy atom. The van der Waals surface area contributed by atoms with Crippen molar-refractivity contribution in [1.29, 1.82) is 0 Å². The summed E-state index contributed by atoms with van der Waals surface area (Å²) in [5, 5.41) is 5.32. The van der Waals surface area contributed by atoms with Gasteiger partial charge < -0.3 is 24.8 Å². The molecule has 0 aliphatic carbocycles. The van der Waals surface area contributed by atoms with Crippen LogP contribution in [-0.2, 0) is 26.2 Å². The Kier molecular flexibility index (Phi) is 16.3. The van der Waals surface area contributed by atoms with Gasteiger partial charge in [-0.15, -0.1) is 59.3 Å². The van der Waals surface area contributed by atoms with E-state index < -0.39 is 0 Å². The smallest absolute Gasteiger partial charge is 1.00 e. The third-order valence-electron chi connectivity index (χ3n) is 4.21. The molecule has 0 aliphatic heterocycles. The minimum absolute atomic E-state index is 0. The number of halogens is 2. The zero-order valence-electron chi connectivity index (χ0n) is 17.1. The Hall–Kier alpha value is -2.18. The first-order chi connectivity index (χ1) is 13.9. The van der Waals surface area contributed by atoms with Gasteiger partial charge in [0, 0.05) is 0 Å². The summed E-state index contributed by atoms with van der Waals surface area (Å²) >= 11 is 0. The Morgan fingerprint density at radius 1 is 0.387 bits per heavy atom. The first kappa shape index (κ1) is 28.8. The minimum atomic E-state index is 0. The maximum Gasteiger partial charge on any atom is 4.00 e. The average Bonchev–Trinajstić information content (AvgIpc) is 3.56. The molecule has 0 saturated carbocycles. The normalized spacial score (nSPS) is 8.52. The van der Waals surface area contributed by atoms with Crippen molar-refractivity contribution in [2.45, 2.75) is 0 Å². The van der Waals surface area contributed by atoms with E-state index >= 15 is 0 Å². The molecule has 0 atom stereocenters. The number of hydrogen-bond acceptors (Lipinski definition) is 0. The monoisotopic (exact) mass is 520 g/mol. The SMILES string of the molecule is [Cl-].[Cl-].[Zr+4].c1cc[cH-]c1.c1cc[cH-]c1.c1ccc2[cH-]ccc2c1.c1ccc2[cH-]ccc2c1. The number of benzene rings is 2. The van der Waals surface area contributed by atoms with Gasteiger partial charge in [0.15, 0.2) is 0 Å². The molecular formula is C28H24Cl2Zr-2. The quantitative estimate of drug-likeness (QED) is 0.268. The van der Waals surface area contributed by atoms with Crippen LogP contribution in [0, 0.1) is 0 Å². The second-order valence-corrected chi connectivity index (χ2v) is 6.23. The summed E-state index contributed by atoms with van der Waals surface area (Å²) in [7, 11) is 0. The third-order valence-corrected chi connectivity index (χ3v) is 4.21. The van der Waals surface area contributed by atoms with Crippen LogP contribution in [0.5, 0.6) is 0 Å². The average molecular weight is 523 g/mol. The summed E-state index contributed by atoms with van der Waals surface area (Å²) in [6.45, 7) is 0. The van der Waals surface area contributed by atoms with E-state index in [1.807, 2.05) is 60.7 Å². The molecule has 6 rings (SSSR count). The van der Waals surface area contributed by atoms with E-state index in [1.54, 1.807) is 0 Å². The zero-order chi connectivity index (χ0) is 19.3. The third kappa shape index (κ3) is 10.6. The molecule has 6 aromatic rings. The predicted molar refractivity (Wildman–Crippen MR) is 123 cm³/mol. The van der Waals surface area contributed by atoms with Crippen LogP contribution < -0.4 is 24.8 Å². The van der Waals surface area contributed by atoms with Crippen molar-refractivity contribution in [3.05, 3.63) is 146 Å². The van der Waals surface area contributed by atoms with Crippen molar-refractivity contribution in [1.82, 2.24) is 0 Å². The van der Waals surface area contributed by atoms with E-state index in [0.717, 1.165) is 0 Å². The van der Waals surface area contributed by atoms with Crippen molar-refractivity contribution in [2.75, 3.05) is 0 Å². The maximum absolute atomic E-state index is 2.12. The molecule has 0 nitrogen and oxygen atoms in total. The van der Waals surface area contributed by atoms with Crippen molar-refractivity contribution in [2.24, 2.45) is 0 Å². The molecule has 0 amide bonds. The van der Waals surface area contributed by atoms with Gasteiger partial charge in [-0.25, -0.2) is 24.3 Å². The Balaban J connectivity index is 0.000000388. The van der Waals surface area contributed by atoms with Crippen LogP contribution in [0.1, 0.15) is 0 Å². The van der Waals surface area contributed by atoms with Crippen LogP contribution in [0.25, 0.3) is 21.5 Å². The van der Waals surface area contributed by atoms with Crippen molar-refractivity contribution in [3.8, 4) is 0 Å². The summed E-state index contributed by atoms with van der Waals surface area (Å²) in [5.41, 5.74) is 0. The predicted octanol–water partition coefficient (Wildman–Crippen LogP) is 1.93. The molecule has 0 radical (unpaired) electrons. The molecular weight excluding hydrogens is 498 g/mol. The van der Waals surface area contributed by atoms with Crippen LogP contribution in [0.4, 0.5) is 0 Å². The molecule has 31 heavy (non-hydrogen) atoms. The topological polar surface area (TPSA) is 0 Å². The van der Waals surface area contributed by atoms with Crippen LogP contribution >= 0.6 is 0 Å². The van der Waals surface area contributed by atoms with Gasteiger partial charge in [-0.05, 0) is 0 Å². The molecule has 0 saturated heterocycles. The van der Waals surface area contributed by atoms with Crippen molar-refractivity contribution in [3.63, 3.8) is 0 Å². The van der Waals surface area contributed by atoms with Crippen LogP contribution in [-0.4, -0.2) is 0 Å². The molecule has 0 aliphatic rings. The van der Waals surface area contributed by atoms with E-state index in [4.69, 9.17) is 0 Å². The Labute approximate surface area is 216 Å². The van der Waals surface area contributed by atoms with Gasteiger partial charge in [-0.2, -0.15) is 71.4 Å². The molecule has 0 bridgehead atoms. The largest absolute Gasteiger partial charge is 4.00 e. The van der Waals surface area contributed by atoms with Gasteiger partial charge in [-0.3, -0.25) is 0 Å². The Bertz CT molecular complexity index is 929. The molecule has 0 N–H and O–H groups in total. The fraction of sp³-hybridized carbons (Fsp3) is 0. The van der Waals surface area contributed by atoms with Crippen LogP contribution in [0.15, 0.2) is 146 Å². The summed E-state index contributed by atoms with van der Waals surface area (Å²) in [5.74, 6) is 0. The van der Waals surface area contributed by atoms with Gasteiger partial charge in [0.25, 0.3) is 0 Å². The van der Waals surface area contributed by atoms with Gasteiger partial charge >= 0.3 is 26.2 Å². The number of fused-ring (bicyclic) bond motifs is 2. The van der Waals surface area contributed by atoms with Gasteiger partial charge in [-0.1, -0.05) is 12.1 Å². The van der Waals surface area contributed by atoms with E-state index in [1.165, 1.54) is 21.5 Å². The van der Waals surface area contributed by atoms with Gasteiger partial charge in [0.05, 0.1) is 0 Å². The van der Waals surface area contributed by atoms with Crippen molar-refractivity contribution >= 4 is 21.5 Å². The molecule has 0 aromatic heterocycles. The van der Waals surface area contributed by atoms with E-state index in [-0.39, 0.29) is 51.0 Å². The molecule has 156 valence electrons.